The molecule has 0 aliphatic heterocycles. The Morgan fingerprint density at radius 1 is 1.14 bits per heavy atom. The Bertz CT molecular complexity index is 732. The molecule has 2 heterocycles. The summed E-state index contributed by atoms with van der Waals surface area (Å²) in [5.74, 6) is 0. The van der Waals surface area contributed by atoms with E-state index in [1.165, 1.54) is 11.8 Å². The van der Waals surface area contributed by atoms with E-state index in [2.05, 4.69) is 26.0 Å². The fraction of sp³-hybridized carbons (Fsp3) is 0.222. The van der Waals surface area contributed by atoms with Gasteiger partial charge in [0.1, 0.15) is 0 Å². The number of aryl methyl sites for hydroxylation is 2. The van der Waals surface area contributed by atoms with Gasteiger partial charge in [-0.15, -0.1) is 11.3 Å². The maximum atomic E-state index is 12.1. The van der Waals surface area contributed by atoms with Gasteiger partial charge in [-0.2, -0.15) is 4.73 Å². The molecule has 0 N–H and O–H groups in total. The average molecular weight is 310 g/mol. The zero-order valence-electron chi connectivity index (χ0n) is 12.7. The number of hydrogen-bond donors (Lipinski definition) is 0. The van der Waals surface area contributed by atoms with Crippen molar-refractivity contribution in [3.05, 3.63) is 64.4 Å². The van der Waals surface area contributed by atoms with Gasteiger partial charge in [0.25, 0.3) is 0 Å². The predicted octanol–water partition coefficient (Wildman–Crippen LogP) is 4.37. The molecular weight excluding hydrogens is 292 g/mol. The summed E-state index contributed by atoms with van der Waals surface area (Å²) in [7, 11) is 0. The average Bonchev–Trinajstić information content (AvgIpc) is 2.92. The number of rotatable bonds is 4. The summed E-state index contributed by atoms with van der Waals surface area (Å²) in [5.41, 5.74) is 3.75. The van der Waals surface area contributed by atoms with Crippen LogP contribution in [0.4, 0.5) is 0 Å². The van der Waals surface area contributed by atoms with Crippen molar-refractivity contribution in [3.63, 3.8) is 0 Å². The van der Waals surface area contributed by atoms with Crippen LogP contribution in [-0.2, 0) is 6.42 Å². The molecule has 0 atom stereocenters. The summed E-state index contributed by atoms with van der Waals surface area (Å²) in [4.78, 5) is 5.83. The molecule has 112 valence electrons. The molecule has 3 nitrogen and oxygen atoms in total. The highest BCUT2D eigenvalue weighted by Gasteiger charge is 2.21. The van der Waals surface area contributed by atoms with Crippen LogP contribution in [0.2, 0.25) is 0 Å². The third kappa shape index (κ3) is 2.74. The van der Waals surface area contributed by atoms with Crippen molar-refractivity contribution < 1.29 is 4.73 Å². The van der Waals surface area contributed by atoms with E-state index >= 15 is 0 Å². The summed E-state index contributed by atoms with van der Waals surface area (Å²) in [6, 6.07) is 13.7. The second-order valence-electron chi connectivity index (χ2n) is 5.26. The summed E-state index contributed by atoms with van der Waals surface area (Å²) >= 11 is 1.69. The van der Waals surface area contributed by atoms with Gasteiger partial charge in [-0.05, 0) is 37.0 Å². The molecule has 0 amide bonds. The first-order valence-corrected chi connectivity index (χ1v) is 8.26. The lowest BCUT2D eigenvalue weighted by molar-refractivity contribution is -0.593. The Kier molecular flexibility index (Phi) is 4.20. The molecule has 0 saturated heterocycles. The monoisotopic (exact) mass is 310 g/mol. The van der Waals surface area contributed by atoms with Gasteiger partial charge in [-0.1, -0.05) is 31.2 Å². The lowest BCUT2D eigenvalue weighted by Crippen LogP contribution is -2.28. The van der Waals surface area contributed by atoms with Gasteiger partial charge in [0.2, 0.25) is 5.69 Å². The lowest BCUT2D eigenvalue weighted by Gasteiger charge is -2.06. The molecule has 0 fully saturated rings. The number of nitrogens with zero attached hydrogens (tertiary/aromatic N) is 2. The highest BCUT2D eigenvalue weighted by molar-refractivity contribution is 7.15. The minimum absolute atomic E-state index is 0.611. The van der Waals surface area contributed by atoms with Gasteiger partial charge in [-0.25, -0.2) is 4.98 Å². The summed E-state index contributed by atoms with van der Waals surface area (Å²) < 4.78 is 0.895. The van der Waals surface area contributed by atoms with Crippen molar-refractivity contribution in [1.29, 1.82) is 0 Å². The Morgan fingerprint density at radius 3 is 2.64 bits per heavy atom. The standard InChI is InChI=1S/C18H18N2OS/c1-3-8-16-19-17(15-11-6-7-12-20(15)21)18(22-16)14-10-5-4-9-13(14)2/h4-7,9-12H,3,8H2,1-2H3. The number of pyridine rings is 1. The minimum Gasteiger partial charge on any atom is -0.618 e. The molecule has 1 aromatic carbocycles. The minimum atomic E-state index is 0.611. The molecule has 0 saturated carbocycles. The largest absolute Gasteiger partial charge is 0.618 e. The van der Waals surface area contributed by atoms with Crippen LogP contribution in [0.5, 0.6) is 0 Å². The number of benzene rings is 1. The van der Waals surface area contributed by atoms with Crippen molar-refractivity contribution in [2.75, 3.05) is 0 Å². The smallest absolute Gasteiger partial charge is 0.243 e. The topological polar surface area (TPSA) is 39.8 Å². The quantitative estimate of drug-likeness (QED) is 0.530. The maximum absolute atomic E-state index is 12.1. The molecule has 3 aromatic rings. The Hall–Kier alpha value is -2.20. The van der Waals surface area contributed by atoms with Crippen molar-refractivity contribution >= 4 is 11.3 Å². The van der Waals surface area contributed by atoms with E-state index in [0.29, 0.717) is 5.69 Å². The third-order valence-electron chi connectivity index (χ3n) is 3.59. The molecule has 0 unspecified atom stereocenters. The molecule has 0 radical (unpaired) electrons. The second-order valence-corrected chi connectivity index (χ2v) is 6.35. The Morgan fingerprint density at radius 2 is 1.91 bits per heavy atom. The van der Waals surface area contributed by atoms with Crippen molar-refractivity contribution in [2.45, 2.75) is 26.7 Å². The summed E-state index contributed by atoms with van der Waals surface area (Å²) in [6.45, 7) is 4.24. The van der Waals surface area contributed by atoms with E-state index in [1.807, 2.05) is 24.3 Å². The zero-order valence-corrected chi connectivity index (χ0v) is 13.6. The highest BCUT2D eigenvalue weighted by atomic mass is 32.1. The van der Waals surface area contributed by atoms with Gasteiger partial charge >= 0.3 is 0 Å². The highest BCUT2D eigenvalue weighted by Crippen LogP contribution is 2.37. The van der Waals surface area contributed by atoms with Gasteiger partial charge in [-0.3, -0.25) is 0 Å². The van der Waals surface area contributed by atoms with Crippen LogP contribution in [0.25, 0.3) is 21.8 Å². The normalized spacial score (nSPS) is 10.8. The van der Waals surface area contributed by atoms with Crippen molar-refractivity contribution in [3.8, 4) is 21.8 Å². The van der Waals surface area contributed by atoms with Gasteiger partial charge in [0.15, 0.2) is 11.9 Å². The molecule has 4 heteroatoms. The first-order chi connectivity index (χ1) is 10.7. The molecule has 22 heavy (non-hydrogen) atoms. The van der Waals surface area contributed by atoms with Gasteiger partial charge in [0, 0.05) is 12.1 Å². The van der Waals surface area contributed by atoms with Crippen LogP contribution in [0.1, 0.15) is 23.9 Å². The summed E-state index contributed by atoms with van der Waals surface area (Å²) in [5, 5.41) is 13.2. The molecule has 0 aliphatic carbocycles. The number of aromatic nitrogens is 2. The van der Waals surface area contributed by atoms with Crippen LogP contribution < -0.4 is 4.73 Å². The lowest BCUT2D eigenvalue weighted by atomic mass is 10.1. The molecule has 0 aliphatic rings. The predicted molar refractivity (Wildman–Crippen MR) is 90.7 cm³/mol. The van der Waals surface area contributed by atoms with Gasteiger partial charge in [0.05, 0.1) is 9.88 Å². The van der Waals surface area contributed by atoms with Crippen LogP contribution >= 0.6 is 11.3 Å². The number of hydrogen-bond acceptors (Lipinski definition) is 3. The fourth-order valence-corrected chi connectivity index (χ4v) is 3.75. The van der Waals surface area contributed by atoms with Crippen molar-refractivity contribution in [2.24, 2.45) is 0 Å². The van der Waals surface area contributed by atoms with Crippen LogP contribution in [-0.4, -0.2) is 4.98 Å². The van der Waals surface area contributed by atoms with Crippen LogP contribution in [0.15, 0.2) is 48.7 Å². The van der Waals surface area contributed by atoms with Gasteiger partial charge < -0.3 is 5.21 Å². The SMILES string of the molecule is CCCc1nc(-c2cccc[n+]2[O-])c(-c2ccccc2C)s1. The Balaban J connectivity index is 2.21. The van der Waals surface area contributed by atoms with E-state index in [4.69, 9.17) is 4.98 Å². The molecule has 0 bridgehead atoms. The van der Waals surface area contributed by atoms with E-state index in [9.17, 15) is 5.21 Å². The zero-order chi connectivity index (χ0) is 15.5. The third-order valence-corrected chi connectivity index (χ3v) is 4.74. The summed E-state index contributed by atoms with van der Waals surface area (Å²) in [6.07, 6.45) is 3.51. The second kappa shape index (κ2) is 6.28. The fourth-order valence-electron chi connectivity index (χ4n) is 2.48. The van der Waals surface area contributed by atoms with E-state index in [1.54, 1.807) is 17.4 Å². The van der Waals surface area contributed by atoms with E-state index in [0.717, 1.165) is 38.7 Å². The Labute approximate surface area is 134 Å². The molecular formula is C18H18N2OS. The van der Waals surface area contributed by atoms with E-state index in [-0.39, 0.29) is 0 Å². The first-order valence-electron chi connectivity index (χ1n) is 7.45. The molecule has 3 rings (SSSR count). The maximum Gasteiger partial charge on any atom is 0.243 e. The van der Waals surface area contributed by atoms with E-state index < -0.39 is 0 Å². The first kappa shape index (κ1) is 14.7. The van der Waals surface area contributed by atoms with Crippen molar-refractivity contribution in [1.82, 2.24) is 4.98 Å². The van der Waals surface area contributed by atoms with Crippen LogP contribution in [0.3, 0.4) is 0 Å². The molecule has 0 spiro atoms. The van der Waals surface area contributed by atoms with Crippen LogP contribution in [0, 0.1) is 12.1 Å². The molecule has 2 aromatic heterocycles. The number of thiazole rings is 1.